The van der Waals surface area contributed by atoms with Crippen LogP contribution in [-0.4, -0.2) is 25.7 Å². The summed E-state index contributed by atoms with van der Waals surface area (Å²) in [7, 11) is -2.82. The quantitative estimate of drug-likeness (QED) is 0.544. The lowest BCUT2D eigenvalue weighted by molar-refractivity contribution is -0.122. The monoisotopic (exact) mass is 346 g/mol. The van der Waals surface area contributed by atoms with Gasteiger partial charge in [0.05, 0.1) is 0 Å². The Morgan fingerprint density at radius 2 is 1.29 bits per heavy atom. The van der Waals surface area contributed by atoms with Crippen molar-refractivity contribution in [2.45, 2.75) is 45.3 Å². The number of hydrogen-bond acceptors (Lipinski definition) is 4. The highest BCUT2D eigenvalue weighted by Gasteiger charge is 2.46. The van der Waals surface area contributed by atoms with E-state index < -0.39 is 14.9 Å². The molecule has 2 rings (SSSR count). The van der Waals surface area contributed by atoms with Crippen LogP contribution in [0.4, 0.5) is 0 Å². The minimum Gasteiger partial charge on any atom is -0.511 e. The van der Waals surface area contributed by atoms with Gasteiger partial charge < -0.3 is 18.7 Å². The fraction of sp³-hybridized carbons (Fsp3) is 0.368. The van der Waals surface area contributed by atoms with Crippen LogP contribution in [-0.2, 0) is 4.74 Å². The van der Waals surface area contributed by atoms with E-state index in [2.05, 4.69) is 0 Å². The first kappa shape index (κ1) is 18.5. The Bertz CT molecular complexity index is 549. The van der Waals surface area contributed by atoms with Crippen LogP contribution >= 0.6 is 0 Å². The van der Waals surface area contributed by atoms with Crippen molar-refractivity contribution < 1.29 is 18.7 Å². The van der Waals surface area contributed by atoms with Gasteiger partial charge in [0, 0.05) is 6.55 Å². The second kappa shape index (κ2) is 8.87. The summed E-state index contributed by atoms with van der Waals surface area (Å²) in [6.07, 6.45) is 0.400. The van der Waals surface area contributed by atoms with Crippen LogP contribution in [0.25, 0.3) is 0 Å². The predicted octanol–water partition coefficient (Wildman–Crippen LogP) is 4.28. The summed E-state index contributed by atoms with van der Waals surface area (Å²) in [5.74, 6) is 1.49. The SMILES string of the molecule is CCC(O)OC(CC)[Si](C)(Oc1ccccc1)Oc1ccccc1. The molecule has 24 heavy (non-hydrogen) atoms. The van der Waals surface area contributed by atoms with Gasteiger partial charge in [-0.2, -0.15) is 0 Å². The number of aliphatic hydroxyl groups is 1. The van der Waals surface area contributed by atoms with Crippen LogP contribution in [0.5, 0.6) is 11.5 Å². The molecule has 2 aromatic rings. The maximum absolute atomic E-state index is 9.94. The van der Waals surface area contributed by atoms with Crippen LogP contribution in [0.3, 0.4) is 0 Å². The minimum absolute atomic E-state index is 0.298. The van der Waals surface area contributed by atoms with Gasteiger partial charge in [-0.25, -0.2) is 0 Å². The normalized spacial score (nSPS) is 14.0. The van der Waals surface area contributed by atoms with Crippen molar-refractivity contribution in [1.29, 1.82) is 0 Å². The maximum atomic E-state index is 9.94. The predicted molar refractivity (Wildman–Crippen MR) is 97.2 cm³/mol. The van der Waals surface area contributed by atoms with Crippen molar-refractivity contribution in [2.75, 3.05) is 0 Å². The third kappa shape index (κ3) is 5.09. The van der Waals surface area contributed by atoms with Crippen LogP contribution < -0.4 is 8.85 Å². The van der Waals surface area contributed by atoms with Crippen LogP contribution in [0.1, 0.15) is 26.7 Å². The Hall–Kier alpha value is -1.82. The highest BCUT2D eigenvalue weighted by atomic mass is 28.4. The summed E-state index contributed by atoms with van der Waals surface area (Å²) in [5.41, 5.74) is -0.298. The summed E-state index contributed by atoms with van der Waals surface area (Å²) in [6.45, 7) is 5.87. The lowest BCUT2D eigenvalue weighted by Crippen LogP contribution is -2.58. The molecular weight excluding hydrogens is 320 g/mol. The van der Waals surface area contributed by atoms with Gasteiger partial charge in [0.2, 0.25) is 0 Å². The molecule has 4 nitrogen and oxygen atoms in total. The van der Waals surface area contributed by atoms with E-state index in [1.165, 1.54) is 0 Å². The van der Waals surface area contributed by atoms with Crippen molar-refractivity contribution in [3.63, 3.8) is 0 Å². The average Bonchev–Trinajstić information content (AvgIpc) is 2.60. The standard InChI is InChI=1S/C19H26O4Si/c1-4-18(20)21-19(5-2)24(3,22-16-12-8-6-9-13-16)23-17-14-10-7-11-15-17/h6-15,18-20H,4-5H2,1-3H3. The molecule has 2 aromatic carbocycles. The largest absolute Gasteiger partial charge is 0.511 e. The molecule has 0 fully saturated rings. The molecule has 2 unspecified atom stereocenters. The van der Waals surface area contributed by atoms with Crippen LogP contribution in [0, 0.1) is 0 Å². The van der Waals surface area contributed by atoms with E-state index in [0.29, 0.717) is 12.8 Å². The molecule has 0 saturated carbocycles. The van der Waals surface area contributed by atoms with Crippen molar-refractivity contribution in [3.8, 4) is 11.5 Å². The van der Waals surface area contributed by atoms with Gasteiger partial charge in [-0.3, -0.25) is 0 Å². The van der Waals surface area contributed by atoms with Gasteiger partial charge in [0.25, 0.3) is 0 Å². The number of benzene rings is 2. The second-order valence-corrected chi connectivity index (χ2v) is 8.83. The molecule has 0 amide bonds. The van der Waals surface area contributed by atoms with E-state index in [1.54, 1.807) is 0 Å². The van der Waals surface area contributed by atoms with Gasteiger partial charge in [-0.1, -0.05) is 50.2 Å². The Labute approximate surface area is 145 Å². The zero-order valence-corrected chi connectivity index (χ0v) is 15.5. The molecular formula is C19H26O4Si. The number of aliphatic hydroxyl groups excluding tert-OH is 1. The molecule has 0 aliphatic carbocycles. The van der Waals surface area contributed by atoms with E-state index in [0.717, 1.165) is 11.5 Å². The minimum atomic E-state index is -2.82. The molecule has 0 aliphatic heterocycles. The van der Waals surface area contributed by atoms with E-state index in [-0.39, 0.29) is 5.73 Å². The first-order valence-electron chi connectivity index (χ1n) is 8.39. The highest BCUT2D eigenvalue weighted by molar-refractivity contribution is 6.68. The zero-order valence-electron chi connectivity index (χ0n) is 14.5. The number of ether oxygens (including phenoxy) is 1. The number of para-hydroxylation sites is 2. The summed E-state index contributed by atoms with van der Waals surface area (Å²) in [4.78, 5) is 0. The molecule has 2 atom stereocenters. The van der Waals surface area contributed by atoms with Gasteiger partial charge in [0.1, 0.15) is 17.2 Å². The summed E-state index contributed by atoms with van der Waals surface area (Å²) < 4.78 is 18.4. The fourth-order valence-electron chi connectivity index (χ4n) is 2.47. The molecule has 1 N–H and O–H groups in total. The van der Waals surface area contributed by atoms with Gasteiger partial charge in [-0.05, 0) is 37.1 Å². The molecule has 0 radical (unpaired) electrons. The van der Waals surface area contributed by atoms with Crippen LogP contribution in [0.2, 0.25) is 6.55 Å². The summed E-state index contributed by atoms with van der Waals surface area (Å²) in [6, 6.07) is 19.2. The lowest BCUT2D eigenvalue weighted by Gasteiger charge is -2.35. The third-order valence-electron chi connectivity index (χ3n) is 3.75. The molecule has 0 aromatic heterocycles. The highest BCUT2D eigenvalue weighted by Crippen LogP contribution is 2.26. The molecule has 130 valence electrons. The number of rotatable bonds is 9. The Morgan fingerprint density at radius 1 is 0.833 bits per heavy atom. The molecule has 0 saturated heterocycles. The van der Waals surface area contributed by atoms with E-state index in [9.17, 15) is 5.11 Å². The molecule has 0 bridgehead atoms. The number of hydrogen-bond donors (Lipinski definition) is 1. The Balaban J connectivity index is 2.27. The first-order valence-corrected chi connectivity index (χ1v) is 10.8. The van der Waals surface area contributed by atoms with Crippen molar-refractivity contribution in [2.24, 2.45) is 0 Å². The van der Waals surface area contributed by atoms with Crippen molar-refractivity contribution >= 4 is 8.56 Å². The molecule has 0 aliphatic rings. The van der Waals surface area contributed by atoms with Crippen LogP contribution in [0.15, 0.2) is 60.7 Å². The third-order valence-corrected chi connectivity index (χ3v) is 6.75. The maximum Gasteiger partial charge on any atom is 0.487 e. The Kier molecular flexibility index (Phi) is 6.84. The summed E-state index contributed by atoms with van der Waals surface area (Å²) >= 11 is 0. The topological polar surface area (TPSA) is 47.9 Å². The average molecular weight is 346 g/mol. The first-order chi connectivity index (χ1) is 11.6. The molecule has 0 heterocycles. The summed E-state index contributed by atoms with van der Waals surface area (Å²) in [5, 5.41) is 9.94. The van der Waals surface area contributed by atoms with Crippen molar-refractivity contribution in [1.82, 2.24) is 0 Å². The fourth-order valence-corrected chi connectivity index (χ4v) is 5.13. The molecule has 5 heteroatoms. The van der Waals surface area contributed by atoms with E-state index >= 15 is 0 Å². The Morgan fingerprint density at radius 3 is 1.67 bits per heavy atom. The second-order valence-electron chi connectivity index (χ2n) is 5.74. The van der Waals surface area contributed by atoms with E-state index in [1.807, 2.05) is 81.1 Å². The van der Waals surface area contributed by atoms with Crippen molar-refractivity contribution in [3.05, 3.63) is 60.7 Å². The van der Waals surface area contributed by atoms with Gasteiger partial charge in [-0.15, -0.1) is 0 Å². The van der Waals surface area contributed by atoms with E-state index in [4.69, 9.17) is 13.6 Å². The molecule has 0 spiro atoms. The van der Waals surface area contributed by atoms with Gasteiger partial charge >= 0.3 is 8.56 Å². The van der Waals surface area contributed by atoms with Gasteiger partial charge in [0.15, 0.2) is 6.29 Å². The lowest BCUT2D eigenvalue weighted by atomic mass is 10.3. The smallest absolute Gasteiger partial charge is 0.487 e. The zero-order chi connectivity index (χ0) is 17.4.